The Kier molecular flexibility index (Phi) is 8.55. The molecule has 0 unspecified atom stereocenters. The Bertz CT molecular complexity index is 701. The fraction of sp³-hybridized carbons (Fsp3) is 0.619. The average Bonchev–Trinajstić information content (AvgIpc) is 2.63. The number of amides is 2. The second-order valence-corrected chi connectivity index (χ2v) is 8.24. The maximum absolute atomic E-state index is 14.7. The molecule has 29 heavy (non-hydrogen) atoms. The highest BCUT2D eigenvalue weighted by atomic mass is 19.1. The highest BCUT2D eigenvalue weighted by Crippen LogP contribution is 2.24. The predicted octanol–water partition coefficient (Wildman–Crippen LogP) is 2.07. The van der Waals surface area contributed by atoms with Gasteiger partial charge in [-0.1, -0.05) is 27.7 Å². The molecule has 162 valence electrons. The average molecular weight is 409 g/mol. The molecule has 3 N–H and O–H groups in total. The van der Waals surface area contributed by atoms with Gasteiger partial charge < -0.3 is 20.7 Å². The number of hydrogen-bond donors (Lipinski definition) is 2. The number of rotatable bonds is 9. The van der Waals surface area contributed by atoms with E-state index >= 15 is 0 Å². The predicted molar refractivity (Wildman–Crippen MR) is 112 cm³/mol. The zero-order valence-electron chi connectivity index (χ0n) is 17.8. The SMILES string of the molecule is CC(C)CN(CC(C)C)[C@H](CN)C(=O)Nc1ccc(N2CCOCC2=O)cc1F. The zero-order valence-corrected chi connectivity index (χ0v) is 17.8. The first-order valence-electron chi connectivity index (χ1n) is 10.2. The van der Waals surface area contributed by atoms with Crippen molar-refractivity contribution in [3.63, 3.8) is 0 Å². The molecular weight excluding hydrogens is 375 g/mol. The number of anilines is 2. The molecule has 1 fully saturated rings. The number of nitrogens with one attached hydrogen (secondary N) is 1. The third kappa shape index (κ3) is 6.48. The summed E-state index contributed by atoms with van der Waals surface area (Å²) in [7, 11) is 0. The van der Waals surface area contributed by atoms with Crippen molar-refractivity contribution in [1.82, 2.24) is 4.90 Å². The van der Waals surface area contributed by atoms with Gasteiger partial charge in [0.1, 0.15) is 18.5 Å². The van der Waals surface area contributed by atoms with Crippen molar-refractivity contribution in [1.29, 1.82) is 0 Å². The van der Waals surface area contributed by atoms with E-state index in [0.717, 1.165) is 13.1 Å². The number of hydrogen-bond acceptors (Lipinski definition) is 5. The Morgan fingerprint density at radius 1 is 1.28 bits per heavy atom. The summed E-state index contributed by atoms with van der Waals surface area (Å²) in [5, 5.41) is 2.67. The molecule has 0 bridgehead atoms. The summed E-state index contributed by atoms with van der Waals surface area (Å²) in [6.45, 7) is 10.7. The number of benzene rings is 1. The molecule has 0 spiro atoms. The van der Waals surface area contributed by atoms with E-state index in [1.54, 1.807) is 6.07 Å². The lowest BCUT2D eigenvalue weighted by Gasteiger charge is -2.32. The molecule has 1 saturated heterocycles. The van der Waals surface area contributed by atoms with E-state index in [4.69, 9.17) is 10.5 Å². The summed E-state index contributed by atoms with van der Waals surface area (Å²) >= 11 is 0. The molecule has 7 nitrogen and oxygen atoms in total. The Balaban J connectivity index is 2.13. The number of halogens is 1. The summed E-state index contributed by atoms with van der Waals surface area (Å²) in [6.07, 6.45) is 0. The number of carbonyl (C=O) groups is 2. The van der Waals surface area contributed by atoms with E-state index in [1.165, 1.54) is 17.0 Å². The van der Waals surface area contributed by atoms with E-state index in [0.29, 0.717) is 30.7 Å². The summed E-state index contributed by atoms with van der Waals surface area (Å²) in [4.78, 5) is 28.3. The third-order valence-electron chi connectivity index (χ3n) is 4.67. The Morgan fingerprint density at radius 2 is 1.93 bits per heavy atom. The van der Waals surface area contributed by atoms with Gasteiger partial charge >= 0.3 is 0 Å². The van der Waals surface area contributed by atoms with Crippen LogP contribution in [-0.2, 0) is 14.3 Å². The quantitative estimate of drug-likeness (QED) is 0.653. The Labute approximate surface area is 172 Å². The molecule has 0 aliphatic carbocycles. The molecule has 1 aromatic carbocycles. The van der Waals surface area contributed by atoms with Crippen molar-refractivity contribution in [2.45, 2.75) is 33.7 Å². The number of nitrogens with two attached hydrogens (primary N) is 1. The maximum atomic E-state index is 14.7. The maximum Gasteiger partial charge on any atom is 0.253 e. The van der Waals surface area contributed by atoms with Crippen LogP contribution >= 0.6 is 0 Å². The van der Waals surface area contributed by atoms with E-state index < -0.39 is 11.9 Å². The second-order valence-electron chi connectivity index (χ2n) is 8.24. The lowest BCUT2D eigenvalue weighted by molar-refractivity contribution is -0.125. The molecule has 1 atom stereocenters. The minimum atomic E-state index is -0.592. The van der Waals surface area contributed by atoms with Gasteiger partial charge in [-0.15, -0.1) is 0 Å². The van der Waals surface area contributed by atoms with E-state index in [-0.39, 0.29) is 30.7 Å². The van der Waals surface area contributed by atoms with Crippen molar-refractivity contribution in [3.05, 3.63) is 24.0 Å². The molecule has 0 saturated carbocycles. The molecule has 1 heterocycles. The van der Waals surface area contributed by atoms with Crippen molar-refractivity contribution in [3.8, 4) is 0 Å². The summed E-state index contributed by atoms with van der Waals surface area (Å²) in [6, 6.07) is 3.82. The summed E-state index contributed by atoms with van der Waals surface area (Å²) in [5.41, 5.74) is 6.43. The monoisotopic (exact) mass is 408 g/mol. The number of nitrogens with zero attached hydrogens (tertiary/aromatic N) is 2. The Hall–Kier alpha value is -2.03. The van der Waals surface area contributed by atoms with Crippen molar-refractivity contribution in [2.75, 3.05) is 49.6 Å². The first kappa shape index (κ1) is 23.3. The van der Waals surface area contributed by atoms with Crippen molar-refractivity contribution in [2.24, 2.45) is 17.6 Å². The highest BCUT2D eigenvalue weighted by Gasteiger charge is 2.27. The molecule has 2 rings (SSSR count). The minimum Gasteiger partial charge on any atom is -0.370 e. The molecule has 1 aliphatic heterocycles. The first-order chi connectivity index (χ1) is 13.7. The van der Waals surface area contributed by atoms with Crippen LogP contribution in [0, 0.1) is 17.7 Å². The summed E-state index contributed by atoms with van der Waals surface area (Å²) < 4.78 is 19.7. The molecule has 0 radical (unpaired) electrons. The highest BCUT2D eigenvalue weighted by molar-refractivity contribution is 5.97. The van der Waals surface area contributed by atoms with Crippen molar-refractivity contribution < 1.29 is 18.7 Å². The van der Waals surface area contributed by atoms with Gasteiger partial charge in [-0.25, -0.2) is 4.39 Å². The molecule has 0 aromatic heterocycles. The fourth-order valence-corrected chi connectivity index (χ4v) is 3.47. The van der Waals surface area contributed by atoms with Crippen LogP contribution in [0.2, 0.25) is 0 Å². The topological polar surface area (TPSA) is 87.9 Å². The second kappa shape index (κ2) is 10.7. The van der Waals surface area contributed by atoms with Crippen LogP contribution in [0.1, 0.15) is 27.7 Å². The van der Waals surface area contributed by atoms with Gasteiger partial charge in [0.05, 0.1) is 12.3 Å². The van der Waals surface area contributed by atoms with Crippen LogP contribution in [0.15, 0.2) is 18.2 Å². The van der Waals surface area contributed by atoms with Gasteiger partial charge in [0, 0.05) is 31.9 Å². The van der Waals surface area contributed by atoms with E-state index in [1.807, 2.05) is 0 Å². The van der Waals surface area contributed by atoms with Gasteiger partial charge in [-0.05, 0) is 30.0 Å². The number of morpholine rings is 1. The van der Waals surface area contributed by atoms with Crippen LogP contribution in [0.25, 0.3) is 0 Å². The zero-order chi connectivity index (χ0) is 21.6. The first-order valence-corrected chi connectivity index (χ1v) is 10.2. The smallest absolute Gasteiger partial charge is 0.253 e. The molecule has 1 aliphatic rings. The molecule has 1 aromatic rings. The van der Waals surface area contributed by atoms with Crippen LogP contribution in [0.4, 0.5) is 15.8 Å². The lowest BCUT2D eigenvalue weighted by atomic mass is 10.1. The summed E-state index contributed by atoms with van der Waals surface area (Å²) in [5.74, 6) is -0.392. The van der Waals surface area contributed by atoms with Gasteiger partial charge in [0.15, 0.2) is 0 Å². The standard InChI is InChI=1S/C21H33FN4O3/c1-14(2)11-25(12-15(3)4)19(10-23)21(28)24-18-6-5-16(9-17(18)22)26-7-8-29-13-20(26)27/h5-6,9,14-15,19H,7-8,10-13,23H2,1-4H3,(H,24,28)/t19-/m1/s1. The van der Waals surface area contributed by atoms with Crippen LogP contribution < -0.4 is 16.0 Å². The lowest BCUT2D eigenvalue weighted by Crippen LogP contribution is -2.51. The van der Waals surface area contributed by atoms with Crippen LogP contribution in [0.3, 0.4) is 0 Å². The number of carbonyl (C=O) groups excluding carboxylic acids is 2. The van der Waals surface area contributed by atoms with Crippen LogP contribution in [0.5, 0.6) is 0 Å². The van der Waals surface area contributed by atoms with Crippen LogP contribution in [-0.4, -0.2) is 62.1 Å². The molecular formula is C21H33FN4O3. The largest absolute Gasteiger partial charge is 0.370 e. The van der Waals surface area contributed by atoms with E-state index in [2.05, 4.69) is 37.9 Å². The van der Waals surface area contributed by atoms with Crippen molar-refractivity contribution >= 4 is 23.2 Å². The normalized spacial score (nSPS) is 16.0. The van der Waals surface area contributed by atoms with E-state index in [9.17, 15) is 14.0 Å². The van der Waals surface area contributed by atoms with Gasteiger partial charge in [0.25, 0.3) is 5.91 Å². The van der Waals surface area contributed by atoms with Gasteiger partial charge in [0.2, 0.25) is 5.91 Å². The van der Waals surface area contributed by atoms with Gasteiger partial charge in [-0.3, -0.25) is 14.5 Å². The molecule has 8 heteroatoms. The molecule has 2 amide bonds. The third-order valence-corrected chi connectivity index (χ3v) is 4.67. The number of ether oxygens (including phenoxy) is 1. The Morgan fingerprint density at radius 3 is 2.45 bits per heavy atom. The fourth-order valence-electron chi connectivity index (χ4n) is 3.47. The minimum absolute atomic E-state index is 0.0141. The van der Waals surface area contributed by atoms with Gasteiger partial charge in [-0.2, -0.15) is 0 Å².